The van der Waals surface area contributed by atoms with Crippen molar-refractivity contribution in [3.63, 3.8) is 0 Å². The summed E-state index contributed by atoms with van der Waals surface area (Å²) < 4.78 is 32.4. The Morgan fingerprint density at radius 2 is 1.64 bits per heavy atom. The molecule has 0 radical (unpaired) electrons. The number of halogens is 2. The molecule has 3 heteroatoms. The van der Waals surface area contributed by atoms with Gasteiger partial charge in [0.15, 0.2) is 6.17 Å². The maximum absolute atomic E-state index is 13.6. The minimum absolute atomic E-state index is 0.0405. The van der Waals surface area contributed by atoms with Gasteiger partial charge in [-0.25, -0.2) is 8.78 Å². The van der Waals surface area contributed by atoms with Crippen molar-refractivity contribution < 1.29 is 13.5 Å². The molecule has 0 bridgehead atoms. The molecule has 1 rings (SSSR count). The van der Waals surface area contributed by atoms with E-state index in [9.17, 15) is 8.78 Å². The van der Waals surface area contributed by atoms with Crippen LogP contribution in [0.1, 0.15) is 34.1 Å². The van der Waals surface area contributed by atoms with E-state index in [2.05, 4.69) is 0 Å². The SMILES string of the molecule is CC(C)OC1C(C)CC(C)C(F)C1F. The zero-order valence-corrected chi connectivity index (χ0v) is 9.34. The summed E-state index contributed by atoms with van der Waals surface area (Å²) in [6, 6.07) is 0. The third-order valence-electron chi connectivity index (χ3n) is 2.90. The highest BCUT2D eigenvalue weighted by atomic mass is 19.2. The van der Waals surface area contributed by atoms with Gasteiger partial charge in [0.2, 0.25) is 0 Å². The van der Waals surface area contributed by atoms with Gasteiger partial charge in [0.25, 0.3) is 0 Å². The number of hydrogen-bond acceptors (Lipinski definition) is 1. The molecule has 1 aliphatic rings. The lowest BCUT2D eigenvalue weighted by Gasteiger charge is -2.38. The Kier molecular flexibility index (Phi) is 3.87. The van der Waals surface area contributed by atoms with Crippen LogP contribution in [0.3, 0.4) is 0 Å². The molecule has 0 saturated heterocycles. The first-order valence-electron chi connectivity index (χ1n) is 5.37. The van der Waals surface area contributed by atoms with E-state index in [0.29, 0.717) is 6.42 Å². The van der Waals surface area contributed by atoms with Crippen LogP contribution in [-0.4, -0.2) is 24.6 Å². The fraction of sp³-hybridized carbons (Fsp3) is 1.00. The van der Waals surface area contributed by atoms with Crippen molar-refractivity contribution in [3.05, 3.63) is 0 Å². The summed E-state index contributed by atoms with van der Waals surface area (Å²) in [7, 11) is 0. The van der Waals surface area contributed by atoms with Gasteiger partial charge in [0.05, 0.1) is 12.2 Å². The first kappa shape index (κ1) is 11.9. The Labute approximate surface area is 84.8 Å². The molecule has 0 aromatic carbocycles. The van der Waals surface area contributed by atoms with Crippen molar-refractivity contribution in [1.82, 2.24) is 0 Å². The van der Waals surface area contributed by atoms with Crippen LogP contribution in [0.4, 0.5) is 8.78 Å². The Hall–Kier alpha value is -0.180. The van der Waals surface area contributed by atoms with E-state index in [1.807, 2.05) is 20.8 Å². The summed E-state index contributed by atoms with van der Waals surface area (Å²) >= 11 is 0. The van der Waals surface area contributed by atoms with Crippen LogP contribution in [-0.2, 0) is 4.74 Å². The van der Waals surface area contributed by atoms with Crippen molar-refractivity contribution in [3.8, 4) is 0 Å². The zero-order valence-electron chi connectivity index (χ0n) is 9.34. The molecule has 1 nitrogen and oxygen atoms in total. The maximum atomic E-state index is 13.6. The molecule has 0 N–H and O–H groups in total. The third-order valence-corrected chi connectivity index (χ3v) is 2.90. The van der Waals surface area contributed by atoms with E-state index in [4.69, 9.17) is 4.74 Å². The average Bonchev–Trinajstić information content (AvgIpc) is 2.09. The normalized spacial score (nSPS) is 44.4. The smallest absolute Gasteiger partial charge is 0.158 e. The molecular formula is C11H20F2O. The predicted molar refractivity (Wildman–Crippen MR) is 52.7 cm³/mol. The summed E-state index contributed by atoms with van der Waals surface area (Å²) in [5, 5.41) is 0. The molecule has 0 aliphatic heterocycles. The van der Waals surface area contributed by atoms with E-state index in [1.165, 1.54) is 0 Å². The summed E-state index contributed by atoms with van der Waals surface area (Å²) in [5.74, 6) is -0.0820. The zero-order chi connectivity index (χ0) is 10.9. The van der Waals surface area contributed by atoms with E-state index >= 15 is 0 Å². The van der Waals surface area contributed by atoms with Crippen molar-refractivity contribution >= 4 is 0 Å². The fourth-order valence-corrected chi connectivity index (χ4v) is 2.18. The van der Waals surface area contributed by atoms with Crippen molar-refractivity contribution in [2.45, 2.75) is 58.7 Å². The number of hydrogen-bond donors (Lipinski definition) is 0. The average molecular weight is 206 g/mol. The van der Waals surface area contributed by atoms with E-state index in [0.717, 1.165) is 0 Å². The van der Waals surface area contributed by atoms with E-state index in [1.54, 1.807) is 6.92 Å². The second-order valence-corrected chi connectivity index (χ2v) is 4.73. The molecular weight excluding hydrogens is 186 g/mol. The highest BCUT2D eigenvalue weighted by molar-refractivity contribution is 4.91. The molecule has 1 aliphatic carbocycles. The van der Waals surface area contributed by atoms with Gasteiger partial charge in [-0.3, -0.25) is 0 Å². The topological polar surface area (TPSA) is 9.23 Å². The standard InChI is InChI=1S/C11H20F2O/c1-6(2)14-11-8(4)5-7(3)9(12)10(11)13/h6-11H,5H2,1-4H3. The molecule has 0 spiro atoms. The monoisotopic (exact) mass is 206 g/mol. The quantitative estimate of drug-likeness (QED) is 0.674. The van der Waals surface area contributed by atoms with Crippen LogP contribution in [0, 0.1) is 11.8 Å². The first-order valence-corrected chi connectivity index (χ1v) is 5.37. The lowest BCUT2D eigenvalue weighted by Crippen LogP contribution is -2.47. The summed E-state index contributed by atoms with van der Waals surface area (Å²) in [6.45, 7) is 7.40. The maximum Gasteiger partial charge on any atom is 0.158 e. The van der Waals surface area contributed by atoms with Crippen molar-refractivity contribution in [2.24, 2.45) is 11.8 Å². The highest BCUT2D eigenvalue weighted by Gasteiger charge is 2.43. The van der Waals surface area contributed by atoms with Gasteiger partial charge in [0.1, 0.15) is 6.17 Å². The fourth-order valence-electron chi connectivity index (χ4n) is 2.18. The first-order chi connectivity index (χ1) is 6.43. The van der Waals surface area contributed by atoms with Crippen molar-refractivity contribution in [1.29, 1.82) is 0 Å². The minimum atomic E-state index is -1.46. The second kappa shape index (κ2) is 4.56. The van der Waals surface area contributed by atoms with E-state index in [-0.39, 0.29) is 17.9 Å². The summed E-state index contributed by atoms with van der Waals surface area (Å²) in [5.41, 5.74) is 0. The molecule has 5 atom stereocenters. The van der Waals surface area contributed by atoms with Crippen LogP contribution in [0.5, 0.6) is 0 Å². The lowest BCUT2D eigenvalue weighted by atomic mass is 9.79. The van der Waals surface area contributed by atoms with Crippen molar-refractivity contribution in [2.75, 3.05) is 0 Å². The third kappa shape index (κ3) is 2.44. The van der Waals surface area contributed by atoms with Crippen LogP contribution < -0.4 is 0 Å². The second-order valence-electron chi connectivity index (χ2n) is 4.73. The summed E-state index contributed by atoms with van der Waals surface area (Å²) in [4.78, 5) is 0. The van der Waals surface area contributed by atoms with Gasteiger partial charge in [-0.15, -0.1) is 0 Å². The summed E-state index contributed by atoms with van der Waals surface area (Å²) in [6.07, 6.45) is -2.73. The van der Waals surface area contributed by atoms with E-state index < -0.39 is 18.4 Å². The largest absolute Gasteiger partial charge is 0.372 e. The Morgan fingerprint density at radius 3 is 2.14 bits per heavy atom. The number of rotatable bonds is 2. The molecule has 1 fully saturated rings. The highest BCUT2D eigenvalue weighted by Crippen LogP contribution is 2.35. The Balaban J connectivity index is 2.64. The molecule has 1 saturated carbocycles. The van der Waals surface area contributed by atoms with Crippen LogP contribution in [0.25, 0.3) is 0 Å². The molecule has 14 heavy (non-hydrogen) atoms. The van der Waals surface area contributed by atoms with Crippen LogP contribution in [0.2, 0.25) is 0 Å². The van der Waals surface area contributed by atoms with Crippen LogP contribution >= 0.6 is 0 Å². The minimum Gasteiger partial charge on any atom is -0.372 e. The van der Waals surface area contributed by atoms with Gasteiger partial charge in [0, 0.05) is 0 Å². The van der Waals surface area contributed by atoms with Crippen LogP contribution in [0.15, 0.2) is 0 Å². The molecule has 0 heterocycles. The molecule has 0 aromatic heterocycles. The molecule has 0 amide bonds. The molecule has 84 valence electrons. The Bertz CT molecular complexity index is 184. The number of ether oxygens (including phenoxy) is 1. The van der Waals surface area contributed by atoms with Gasteiger partial charge >= 0.3 is 0 Å². The number of alkyl halides is 2. The Morgan fingerprint density at radius 1 is 1.07 bits per heavy atom. The van der Waals surface area contributed by atoms with Gasteiger partial charge in [-0.05, 0) is 32.1 Å². The molecule has 0 aromatic rings. The van der Waals surface area contributed by atoms with Gasteiger partial charge in [-0.2, -0.15) is 0 Å². The molecule has 5 unspecified atom stereocenters. The van der Waals surface area contributed by atoms with Gasteiger partial charge in [-0.1, -0.05) is 13.8 Å². The predicted octanol–water partition coefficient (Wildman–Crippen LogP) is 3.13. The lowest BCUT2D eigenvalue weighted by molar-refractivity contribution is -0.118. The van der Waals surface area contributed by atoms with Gasteiger partial charge < -0.3 is 4.74 Å².